The Morgan fingerprint density at radius 3 is 2.52 bits per heavy atom. The van der Waals surface area contributed by atoms with Crippen molar-refractivity contribution >= 4 is 52.0 Å². The van der Waals surface area contributed by atoms with E-state index in [9.17, 15) is 4.79 Å². The Morgan fingerprint density at radius 2 is 1.96 bits per heavy atom. The summed E-state index contributed by atoms with van der Waals surface area (Å²) in [5.41, 5.74) is 2.00. The number of carbonyl (C=O) groups excluding carboxylic acids is 1. The first-order valence-electron chi connectivity index (χ1n) is 7.38. The third-order valence-electron chi connectivity index (χ3n) is 4.54. The second kappa shape index (κ2) is 5.49. The zero-order valence-corrected chi connectivity index (χ0v) is 16.0. The van der Waals surface area contributed by atoms with E-state index in [4.69, 9.17) is 14.0 Å². The minimum absolute atomic E-state index is 0.348. The molecular formula is C16H19BINO4. The first kappa shape index (κ1) is 16.8. The summed E-state index contributed by atoms with van der Waals surface area (Å²) < 4.78 is 18.4. The van der Waals surface area contributed by atoms with Gasteiger partial charge in [0.05, 0.1) is 12.7 Å². The molecule has 0 amide bonds. The van der Waals surface area contributed by atoms with Crippen LogP contribution in [0.25, 0.3) is 10.9 Å². The third-order valence-corrected chi connectivity index (χ3v) is 6.09. The summed E-state index contributed by atoms with van der Waals surface area (Å²) in [5.74, 6) is -0.348. The molecule has 0 saturated carbocycles. The van der Waals surface area contributed by atoms with E-state index in [1.54, 1.807) is 0 Å². The molecule has 0 N–H and O–H groups in total. The maximum absolute atomic E-state index is 11.8. The second-order valence-corrected chi connectivity index (χ2v) is 8.45. The van der Waals surface area contributed by atoms with Crippen LogP contribution in [0.5, 0.6) is 0 Å². The van der Waals surface area contributed by atoms with Gasteiger partial charge in [0.15, 0.2) is 0 Å². The van der Waals surface area contributed by atoms with E-state index in [1.165, 1.54) is 7.11 Å². The molecule has 1 aromatic heterocycles. The van der Waals surface area contributed by atoms with Crippen LogP contribution in [0.4, 0.5) is 0 Å². The van der Waals surface area contributed by atoms with E-state index in [0.717, 1.165) is 16.4 Å². The number of benzene rings is 1. The number of hydrogen-bond acceptors (Lipinski definition) is 4. The van der Waals surface area contributed by atoms with Crippen LogP contribution in [0.3, 0.4) is 0 Å². The van der Waals surface area contributed by atoms with Crippen molar-refractivity contribution in [3.05, 3.63) is 30.0 Å². The van der Waals surface area contributed by atoms with Crippen molar-refractivity contribution in [1.82, 2.24) is 4.57 Å². The molecule has 0 aliphatic carbocycles. The first-order chi connectivity index (χ1) is 10.7. The molecule has 122 valence electrons. The number of methoxy groups -OCH3 is 1. The van der Waals surface area contributed by atoms with Crippen molar-refractivity contribution in [3.63, 3.8) is 0 Å². The highest BCUT2D eigenvalue weighted by molar-refractivity contribution is 14.1. The lowest BCUT2D eigenvalue weighted by molar-refractivity contribution is 0.0590. The molecule has 1 aromatic carbocycles. The number of ether oxygens (including phenoxy) is 1. The number of aromatic nitrogens is 1. The molecule has 3 rings (SSSR count). The number of carbonyl (C=O) groups is 1. The minimum Gasteiger partial charge on any atom is -0.464 e. The number of rotatable bonds is 2. The second-order valence-electron chi connectivity index (χ2n) is 6.39. The van der Waals surface area contributed by atoms with Crippen LogP contribution in [-0.2, 0) is 21.1 Å². The lowest BCUT2D eigenvalue weighted by atomic mass is 9.79. The smallest absolute Gasteiger partial charge is 0.464 e. The highest BCUT2D eigenvalue weighted by Gasteiger charge is 2.53. The van der Waals surface area contributed by atoms with Crippen LogP contribution in [-0.4, -0.2) is 34.0 Å². The molecule has 7 heteroatoms. The van der Waals surface area contributed by atoms with E-state index in [0.29, 0.717) is 5.69 Å². The highest BCUT2D eigenvalue weighted by Crippen LogP contribution is 2.42. The largest absolute Gasteiger partial charge is 0.495 e. The van der Waals surface area contributed by atoms with Gasteiger partial charge in [-0.3, -0.25) is 0 Å². The van der Waals surface area contributed by atoms with Crippen LogP contribution in [0, 0.1) is 0 Å². The minimum atomic E-state index is -0.423. The van der Waals surface area contributed by atoms with Gasteiger partial charge in [0.25, 0.3) is 0 Å². The van der Waals surface area contributed by atoms with E-state index < -0.39 is 16.3 Å². The van der Waals surface area contributed by atoms with Crippen molar-refractivity contribution in [2.75, 3.05) is 7.11 Å². The lowest BCUT2D eigenvalue weighted by Gasteiger charge is -2.30. The fourth-order valence-corrected chi connectivity index (χ4v) is 3.03. The summed E-state index contributed by atoms with van der Waals surface area (Å²) in [4.78, 5) is 11.8. The van der Waals surface area contributed by atoms with E-state index in [1.807, 2.05) is 56.7 Å². The SMILES string of the molecule is COC(=O)c1cc2ccc(B3OC(C)(C)C(C)(I)O3)cc2n1C. The molecule has 0 spiro atoms. The van der Waals surface area contributed by atoms with Gasteiger partial charge in [0.2, 0.25) is 0 Å². The summed E-state index contributed by atoms with van der Waals surface area (Å²) in [7, 11) is 2.81. The molecule has 2 aromatic rings. The summed E-state index contributed by atoms with van der Waals surface area (Å²) >= 11 is 2.28. The lowest BCUT2D eigenvalue weighted by Crippen LogP contribution is -2.38. The molecule has 1 unspecified atom stereocenters. The molecule has 2 heterocycles. The fourth-order valence-electron chi connectivity index (χ4n) is 2.67. The normalized spacial score (nSPS) is 23.5. The highest BCUT2D eigenvalue weighted by atomic mass is 127. The Hall–Kier alpha value is -1.06. The van der Waals surface area contributed by atoms with Gasteiger partial charge in [-0.15, -0.1) is 0 Å². The quantitative estimate of drug-likeness (QED) is 0.320. The van der Waals surface area contributed by atoms with Crippen LogP contribution < -0.4 is 5.46 Å². The fraction of sp³-hybridized carbons (Fsp3) is 0.438. The van der Waals surface area contributed by atoms with Crippen molar-refractivity contribution in [1.29, 1.82) is 0 Å². The summed E-state index contributed by atoms with van der Waals surface area (Å²) in [5, 5.41) is 0.978. The zero-order chi connectivity index (χ0) is 17.0. The molecule has 1 fully saturated rings. The number of esters is 1. The van der Waals surface area contributed by atoms with Crippen molar-refractivity contribution in [2.24, 2.45) is 7.05 Å². The van der Waals surface area contributed by atoms with Crippen molar-refractivity contribution in [2.45, 2.75) is 30.0 Å². The summed E-state index contributed by atoms with van der Waals surface area (Å²) in [6.45, 7) is 6.07. The Labute approximate surface area is 149 Å². The molecule has 0 radical (unpaired) electrons. The van der Waals surface area contributed by atoms with Crippen LogP contribution in [0.2, 0.25) is 0 Å². The summed E-state index contributed by atoms with van der Waals surface area (Å²) in [6, 6.07) is 7.77. The number of aryl methyl sites for hydroxylation is 1. The topological polar surface area (TPSA) is 49.7 Å². The Kier molecular flexibility index (Phi) is 4.01. The molecular weight excluding hydrogens is 408 g/mol. The first-order valence-corrected chi connectivity index (χ1v) is 8.46. The maximum atomic E-state index is 11.8. The van der Waals surface area contributed by atoms with E-state index >= 15 is 0 Å². The zero-order valence-electron chi connectivity index (χ0n) is 13.8. The van der Waals surface area contributed by atoms with Gasteiger partial charge < -0.3 is 18.6 Å². The summed E-state index contributed by atoms with van der Waals surface area (Å²) in [6.07, 6.45) is 0. The average molecular weight is 427 g/mol. The Bertz CT molecular complexity index is 768. The van der Waals surface area contributed by atoms with Crippen LogP contribution >= 0.6 is 22.6 Å². The Morgan fingerprint density at radius 1 is 1.26 bits per heavy atom. The van der Waals surface area contributed by atoms with Gasteiger partial charge in [0, 0.05) is 18.0 Å². The number of hydrogen-bond donors (Lipinski definition) is 0. The van der Waals surface area contributed by atoms with Gasteiger partial charge in [0.1, 0.15) is 9.30 Å². The van der Waals surface area contributed by atoms with Gasteiger partial charge >= 0.3 is 13.1 Å². The van der Waals surface area contributed by atoms with Gasteiger partial charge in [-0.1, -0.05) is 12.1 Å². The molecule has 1 saturated heterocycles. The maximum Gasteiger partial charge on any atom is 0.495 e. The van der Waals surface area contributed by atoms with Gasteiger partial charge in [-0.25, -0.2) is 4.79 Å². The predicted molar refractivity (Wildman–Crippen MR) is 98.3 cm³/mol. The van der Waals surface area contributed by atoms with Crippen LogP contribution in [0.1, 0.15) is 31.3 Å². The third kappa shape index (κ3) is 2.68. The van der Waals surface area contributed by atoms with Gasteiger partial charge in [-0.05, 0) is 61.0 Å². The number of fused-ring (bicyclic) bond motifs is 1. The monoisotopic (exact) mass is 427 g/mol. The van der Waals surface area contributed by atoms with E-state index in [-0.39, 0.29) is 5.97 Å². The van der Waals surface area contributed by atoms with Crippen molar-refractivity contribution < 1.29 is 18.8 Å². The standard InChI is InChI=1S/C16H19BINO4/c1-15(2)16(3,18)23-17(22-15)11-7-6-10-8-13(14(20)21-5)19(4)12(10)9-11/h6-9H,1-5H3. The molecule has 23 heavy (non-hydrogen) atoms. The van der Waals surface area contributed by atoms with Gasteiger partial charge in [-0.2, -0.15) is 0 Å². The molecule has 1 atom stereocenters. The van der Waals surface area contributed by atoms with Crippen LogP contribution in [0.15, 0.2) is 24.3 Å². The number of halogens is 1. The molecule has 5 nitrogen and oxygen atoms in total. The molecule has 1 aliphatic heterocycles. The number of alkyl halides is 1. The Balaban J connectivity index is 2.01. The number of nitrogens with zero attached hydrogens (tertiary/aromatic N) is 1. The van der Waals surface area contributed by atoms with Crippen molar-refractivity contribution in [3.8, 4) is 0 Å². The van der Waals surface area contributed by atoms with E-state index in [2.05, 4.69) is 22.6 Å². The molecule has 1 aliphatic rings. The predicted octanol–water partition coefficient (Wildman–Crippen LogP) is 2.64. The molecule has 0 bridgehead atoms. The average Bonchev–Trinajstić information content (AvgIpc) is 2.92.